The summed E-state index contributed by atoms with van der Waals surface area (Å²) >= 11 is 6.47. The number of nitrogens with two attached hydrogens (primary N) is 1. The van der Waals surface area contributed by atoms with Gasteiger partial charge in [-0.2, -0.15) is 0 Å². The van der Waals surface area contributed by atoms with Gasteiger partial charge >= 0.3 is 11.8 Å². The first-order valence-corrected chi connectivity index (χ1v) is 10.2. The van der Waals surface area contributed by atoms with Gasteiger partial charge in [0.05, 0.1) is 5.38 Å². The number of anilines is 1. The number of rotatable bonds is 7. The van der Waals surface area contributed by atoms with Gasteiger partial charge in [0.15, 0.2) is 0 Å². The molecule has 158 valence electrons. The SMILES string of the molecule is CC/C=N\C1=CC=C(Cc2nnc(C(=O)NCc3c(C)cc(N)nc3C)o2)C(Cl)C1. The first-order chi connectivity index (χ1) is 14.4. The third kappa shape index (κ3) is 5.33. The van der Waals surface area contributed by atoms with E-state index in [0.717, 1.165) is 34.5 Å². The molecule has 0 radical (unpaired) electrons. The lowest BCUT2D eigenvalue weighted by Crippen LogP contribution is -2.24. The van der Waals surface area contributed by atoms with E-state index >= 15 is 0 Å². The van der Waals surface area contributed by atoms with E-state index in [2.05, 4.69) is 25.5 Å². The zero-order valence-electron chi connectivity index (χ0n) is 17.3. The second-order valence-electron chi connectivity index (χ2n) is 7.08. The fraction of sp³-hybridized carbons (Fsp3) is 0.381. The lowest BCUT2D eigenvalue weighted by atomic mass is 9.99. The number of halogens is 1. The number of nitrogen functional groups attached to an aromatic ring is 1. The van der Waals surface area contributed by atoms with Gasteiger partial charge in [-0.3, -0.25) is 9.79 Å². The molecular weight excluding hydrogens is 404 g/mol. The summed E-state index contributed by atoms with van der Waals surface area (Å²) in [5.41, 5.74) is 10.3. The molecule has 0 saturated carbocycles. The Labute approximate surface area is 180 Å². The summed E-state index contributed by atoms with van der Waals surface area (Å²) in [5, 5.41) is 10.4. The molecule has 2 heterocycles. The van der Waals surface area contributed by atoms with Crippen molar-refractivity contribution in [2.45, 2.75) is 52.0 Å². The second-order valence-corrected chi connectivity index (χ2v) is 7.61. The van der Waals surface area contributed by atoms with Crippen LogP contribution in [0.1, 0.15) is 53.2 Å². The van der Waals surface area contributed by atoms with Gasteiger partial charge < -0.3 is 15.5 Å². The molecule has 30 heavy (non-hydrogen) atoms. The van der Waals surface area contributed by atoms with Crippen molar-refractivity contribution in [3.63, 3.8) is 0 Å². The van der Waals surface area contributed by atoms with Crippen LogP contribution in [-0.4, -0.2) is 32.7 Å². The van der Waals surface area contributed by atoms with Crippen molar-refractivity contribution < 1.29 is 9.21 Å². The number of aromatic nitrogens is 3. The highest BCUT2D eigenvalue weighted by Gasteiger charge is 2.21. The van der Waals surface area contributed by atoms with Crippen LogP contribution >= 0.6 is 11.6 Å². The molecule has 2 aromatic rings. The molecule has 1 aliphatic carbocycles. The molecule has 2 aromatic heterocycles. The summed E-state index contributed by atoms with van der Waals surface area (Å²) in [5.74, 6) is 0.262. The zero-order chi connectivity index (χ0) is 21.7. The average molecular weight is 429 g/mol. The lowest BCUT2D eigenvalue weighted by molar-refractivity contribution is 0.0914. The summed E-state index contributed by atoms with van der Waals surface area (Å²) in [4.78, 5) is 21.0. The van der Waals surface area contributed by atoms with Gasteiger partial charge in [0, 0.05) is 37.0 Å². The minimum absolute atomic E-state index is 0.0879. The summed E-state index contributed by atoms with van der Waals surface area (Å²) in [6, 6.07) is 1.77. The van der Waals surface area contributed by atoms with Crippen molar-refractivity contribution in [1.29, 1.82) is 0 Å². The number of aryl methyl sites for hydroxylation is 2. The second kappa shape index (κ2) is 9.67. The first kappa shape index (κ1) is 21.7. The number of nitrogens with zero attached hydrogens (tertiary/aromatic N) is 4. The van der Waals surface area contributed by atoms with Crippen LogP contribution < -0.4 is 11.1 Å². The molecular formula is C21H25ClN6O2. The highest BCUT2D eigenvalue weighted by atomic mass is 35.5. The molecule has 9 heteroatoms. The maximum atomic E-state index is 12.4. The Hall–Kier alpha value is -3.00. The summed E-state index contributed by atoms with van der Waals surface area (Å²) < 4.78 is 5.54. The van der Waals surface area contributed by atoms with Crippen LogP contribution in [0, 0.1) is 13.8 Å². The number of pyridine rings is 1. The third-order valence-electron chi connectivity index (χ3n) is 4.74. The maximum absolute atomic E-state index is 12.4. The molecule has 1 atom stereocenters. The van der Waals surface area contributed by atoms with Crippen LogP contribution in [0.2, 0.25) is 0 Å². The van der Waals surface area contributed by atoms with E-state index in [0.29, 0.717) is 31.1 Å². The maximum Gasteiger partial charge on any atom is 0.309 e. The number of carbonyl (C=O) groups excluding carboxylic acids is 1. The van der Waals surface area contributed by atoms with Gasteiger partial charge in [-0.25, -0.2) is 4.98 Å². The Balaban J connectivity index is 1.62. The molecule has 0 spiro atoms. The number of aliphatic imine (C=N–C) groups is 1. The Bertz CT molecular complexity index is 1000. The molecule has 0 fully saturated rings. The van der Waals surface area contributed by atoms with Crippen LogP contribution in [0.5, 0.6) is 0 Å². The zero-order valence-corrected chi connectivity index (χ0v) is 18.0. The Morgan fingerprint density at radius 3 is 2.90 bits per heavy atom. The van der Waals surface area contributed by atoms with E-state index in [-0.39, 0.29) is 11.3 Å². The van der Waals surface area contributed by atoms with E-state index in [1.165, 1.54) is 0 Å². The topological polar surface area (TPSA) is 119 Å². The summed E-state index contributed by atoms with van der Waals surface area (Å²) in [6.45, 7) is 6.10. The van der Waals surface area contributed by atoms with Crippen LogP contribution in [0.15, 0.2) is 38.9 Å². The van der Waals surface area contributed by atoms with Crippen LogP contribution in [-0.2, 0) is 13.0 Å². The predicted octanol–water partition coefficient (Wildman–Crippen LogP) is 3.44. The number of hydrogen-bond donors (Lipinski definition) is 2. The number of hydrogen-bond acceptors (Lipinski definition) is 7. The van der Waals surface area contributed by atoms with E-state index < -0.39 is 5.91 Å². The van der Waals surface area contributed by atoms with Crippen molar-refractivity contribution in [3.05, 3.63) is 58.1 Å². The smallest absolute Gasteiger partial charge is 0.309 e. The largest absolute Gasteiger partial charge is 0.417 e. The third-order valence-corrected chi connectivity index (χ3v) is 5.17. The normalized spacial score (nSPS) is 16.5. The molecule has 0 aliphatic heterocycles. The number of nitrogens with one attached hydrogen (secondary N) is 1. The Kier molecular flexibility index (Phi) is 6.99. The summed E-state index contributed by atoms with van der Waals surface area (Å²) in [7, 11) is 0. The molecule has 1 unspecified atom stereocenters. The molecule has 3 N–H and O–H groups in total. The molecule has 8 nitrogen and oxygen atoms in total. The molecule has 0 bridgehead atoms. The number of amides is 1. The molecule has 1 aliphatic rings. The summed E-state index contributed by atoms with van der Waals surface area (Å²) in [6.07, 6.45) is 7.63. The van der Waals surface area contributed by atoms with E-state index in [9.17, 15) is 4.79 Å². The fourth-order valence-electron chi connectivity index (χ4n) is 3.16. The monoisotopic (exact) mass is 428 g/mol. The lowest BCUT2D eigenvalue weighted by Gasteiger charge is -2.16. The van der Waals surface area contributed by atoms with Crippen LogP contribution in [0.25, 0.3) is 0 Å². The minimum atomic E-state index is -0.444. The highest BCUT2D eigenvalue weighted by Crippen LogP contribution is 2.27. The van der Waals surface area contributed by atoms with Gasteiger partial charge in [0.1, 0.15) is 5.82 Å². The quantitative estimate of drug-likeness (QED) is 0.515. The average Bonchev–Trinajstić information content (AvgIpc) is 3.16. The molecule has 0 saturated heterocycles. The fourth-order valence-corrected chi connectivity index (χ4v) is 3.46. The van der Waals surface area contributed by atoms with Crippen molar-refractivity contribution in [1.82, 2.24) is 20.5 Å². The van der Waals surface area contributed by atoms with Gasteiger partial charge in [-0.15, -0.1) is 21.8 Å². The van der Waals surface area contributed by atoms with Crippen molar-refractivity contribution in [2.75, 3.05) is 5.73 Å². The standard InChI is InChI=1S/C21H25ClN6O2/c1-4-7-24-15-6-5-14(17(22)10-15)9-19-27-28-21(30-19)20(29)25-11-16-12(2)8-18(23)26-13(16)3/h5-8,17H,4,9-11H2,1-3H3,(H2,23,26)(H,25,29)/b24-7-. The highest BCUT2D eigenvalue weighted by molar-refractivity contribution is 6.22. The van der Waals surface area contributed by atoms with E-state index in [1.807, 2.05) is 39.1 Å². The Morgan fingerprint density at radius 1 is 1.40 bits per heavy atom. The Morgan fingerprint density at radius 2 is 2.20 bits per heavy atom. The van der Waals surface area contributed by atoms with Gasteiger partial charge in [0.2, 0.25) is 5.89 Å². The minimum Gasteiger partial charge on any atom is -0.417 e. The van der Waals surface area contributed by atoms with Crippen LogP contribution in [0.3, 0.4) is 0 Å². The molecule has 1 amide bonds. The number of alkyl halides is 1. The van der Waals surface area contributed by atoms with Gasteiger partial charge in [-0.1, -0.05) is 13.0 Å². The van der Waals surface area contributed by atoms with Crippen LogP contribution in [0.4, 0.5) is 5.82 Å². The van der Waals surface area contributed by atoms with Crippen molar-refractivity contribution in [3.8, 4) is 0 Å². The van der Waals surface area contributed by atoms with Gasteiger partial charge in [0.25, 0.3) is 0 Å². The van der Waals surface area contributed by atoms with Gasteiger partial charge in [-0.05, 0) is 49.1 Å². The number of allylic oxidation sites excluding steroid dienone is 4. The van der Waals surface area contributed by atoms with E-state index in [1.54, 1.807) is 6.07 Å². The van der Waals surface area contributed by atoms with E-state index in [4.69, 9.17) is 21.8 Å². The first-order valence-electron chi connectivity index (χ1n) is 9.76. The molecule has 0 aromatic carbocycles. The van der Waals surface area contributed by atoms with Crippen molar-refractivity contribution >= 4 is 29.5 Å². The predicted molar refractivity (Wildman–Crippen MR) is 117 cm³/mol. The van der Waals surface area contributed by atoms with Crippen molar-refractivity contribution in [2.24, 2.45) is 4.99 Å². The molecule has 3 rings (SSSR count). The number of carbonyl (C=O) groups is 1.